The first-order valence-electron chi connectivity index (χ1n) is 3.56. The third kappa shape index (κ3) is 2.07. The van der Waals surface area contributed by atoms with E-state index in [1.54, 1.807) is 0 Å². The minimum Gasteiger partial charge on any atom is -0.399 e. The Morgan fingerprint density at radius 3 is 2.92 bits per heavy atom. The Labute approximate surface area is 70.1 Å². The summed E-state index contributed by atoms with van der Waals surface area (Å²) in [6.45, 7) is -0.103. The van der Waals surface area contributed by atoms with E-state index in [2.05, 4.69) is 0 Å². The number of anilines is 1. The monoisotopic (exact) mass is 167 g/mol. The Balaban J connectivity index is 2.97. The number of hydrogen-bond acceptors (Lipinski definition) is 2. The molecule has 0 heterocycles. The summed E-state index contributed by atoms with van der Waals surface area (Å²) in [6, 6.07) is 4.31. The minimum absolute atomic E-state index is 0.103. The summed E-state index contributed by atoms with van der Waals surface area (Å²) in [5.74, 6) is -0.339. The smallest absolute Gasteiger partial charge is 0.130 e. The highest BCUT2D eigenvalue weighted by Gasteiger charge is 1.96. The average Bonchev–Trinajstić information content (AvgIpc) is 2.07. The van der Waals surface area contributed by atoms with Crippen LogP contribution in [0.3, 0.4) is 0 Å². The maximum atomic E-state index is 12.9. The van der Waals surface area contributed by atoms with Crippen LogP contribution in [0.5, 0.6) is 0 Å². The number of hydrogen-bond donors (Lipinski definition) is 2. The van der Waals surface area contributed by atoms with Crippen LogP contribution in [0.25, 0.3) is 6.08 Å². The zero-order valence-electron chi connectivity index (χ0n) is 6.50. The highest BCUT2D eigenvalue weighted by molar-refractivity contribution is 5.56. The van der Waals surface area contributed by atoms with Crippen LogP contribution in [0, 0.1) is 5.82 Å². The predicted octanol–water partition coefficient (Wildman–Crippen LogP) is 1.41. The van der Waals surface area contributed by atoms with Crippen molar-refractivity contribution in [1.82, 2.24) is 0 Å². The SMILES string of the molecule is Nc1ccc(F)c(C=CCO)c1. The van der Waals surface area contributed by atoms with Crippen molar-refractivity contribution in [2.75, 3.05) is 12.3 Å². The van der Waals surface area contributed by atoms with E-state index >= 15 is 0 Å². The molecule has 0 aliphatic heterocycles. The molecule has 0 atom stereocenters. The highest BCUT2D eigenvalue weighted by atomic mass is 19.1. The summed E-state index contributed by atoms with van der Waals surface area (Å²) in [6.07, 6.45) is 2.95. The number of rotatable bonds is 2. The van der Waals surface area contributed by atoms with Gasteiger partial charge >= 0.3 is 0 Å². The zero-order chi connectivity index (χ0) is 8.97. The van der Waals surface area contributed by atoms with Gasteiger partial charge in [-0.05, 0) is 18.2 Å². The molecule has 0 unspecified atom stereocenters. The third-order valence-electron chi connectivity index (χ3n) is 1.42. The van der Waals surface area contributed by atoms with Crippen molar-refractivity contribution < 1.29 is 9.50 Å². The van der Waals surface area contributed by atoms with Gasteiger partial charge in [-0.1, -0.05) is 12.2 Å². The molecule has 0 aliphatic rings. The zero-order valence-corrected chi connectivity index (χ0v) is 6.50. The lowest BCUT2D eigenvalue weighted by Crippen LogP contribution is -1.88. The maximum absolute atomic E-state index is 12.9. The van der Waals surface area contributed by atoms with E-state index in [0.29, 0.717) is 11.3 Å². The van der Waals surface area contributed by atoms with Crippen molar-refractivity contribution in [3.8, 4) is 0 Å². The van der Waals surface area contributed by atoms with Gasteiger partial charge in [0.1, 0.15) is 5.82 Å². The van der Waals surface area contributed by atoms with Crippen molar-refractivity contribution in [3.05, 3.63) is 35.7 Å². The van der Waals surface area contributed by atoms with Crippen molar-refractivity contribution >= 4 is 11.8 Å². The van der Waals surface area contributed by atoms with Crippen molar-refractivity contribution in [1.29, 1.82) is 0 Å². The van der Waals surface area contributed by atoms with E-state index < -0.39 is 0 Å². The molecule has 0 amide bonds. The van der Waals surface area contributed by atoms with Gasteiger partial charge in [0, 0.05) is 11.3 Å². The number of nitrogens with two attached hydrogens (primary N) is 1. The normalized spacial score (nSPS) is 10.8. The topological polar surface area (TPSA) is 46.2 Å². The van der Waals surface area contributed by atoms with Crippen molar-refractivity contribution in [2.24, 2.45) is 0 Å². The molecular weight excluding hydrogens is 157 g/mol. The van der Waals surface area contributed by atoms with Crippen LogP contribution < -0.4 is 5.73 Å². The lowest BCUT2D eigenvalue weighted by Gasteiger charge is -1.97. The minimum atomic E-state index is -0.339. The summed E-state index contributed by atoms with van der Waals surface area (Å²) < 4.78 is 12.9. The van der Waals surface area contributed by atoms with Gasteiger partial charge in [0.15, 0.2) is 0 Å². The maximum Gasteiger partial charge on any atom is 0.130 e. The second-order valence-electron chi connectivity index (χ2n) is 2.37. The molecule has 1 aromatic rings. The largest absolute Gasteiger partial charge is 0.399 e. The molecule has 2 nitrogen and oxygen atoms in total. The molecule has 0 spiro atoms. The molecule has 0 radical (unpaired) electrons. The molecule has 12 heavy (non-hydrogen) atoms. The molecule has 0 fully saturated rings. The fourth-order valence-electron chi connectivity index (χ4n) is 0.870. The van der Waals surface area contributed by atoms with Crippen LogP contribution in [0.4, 0.5) is 10.1 Å². The molecule has 0 aliphatic carbocycles. The Bertz CT molecular complexity index is 297. The van der Waals surface area contributed by atoms with E-state index in [-0.39, 0.29) is 12.4 Å². The molecule has 3 N–H and O–H groups in total. The molecule has 0 bridgehead atoms. The molecule has 0 aromatic heterocycles. The summed E-state index contributed by atoms with van der Waals surface area (Å²) in [7, 11) is 0. The Kier molecular flexibility index (Phi) is 2.82. The van der Waals surface area contributed by atoms with Crippen molar-refractivity contribution in [3.63, 3.8) is 0 Å². The fraction of sp³-hybridized carbons (Fsp3) is 0.111. The predicted molar refractivity (Wildman–Crippen MR) is 46.9 cm³/mol. The van der Waals surface area contributed by atoms with E-state index in [0.717, 1.165) is 0 Å². The lowest BCUT2D eigenvalue weighted by molar-refractivity contribution is 0.343. The van der Waals surface area contributed by atoms with Gasteiger partial charge in [0.25, 0.3) is 0 Å². The first-order valence-corrected chi connectivity index (χ1v) is 3.56. The van der Waals surface area contributed by atoms with Crippen LogP contribution in [0.2, 0.25) is 0 Å². The first-order chi connectivity index (χ1) is 5.74. The van der Waals surface area contributed by atoms with Crippen LogP contribution in [-0.2, 0) is 0 Å². The number of halogens is 1. The number of aliphatic hydroxyl groups excluding tert-OH is 1. The van der Waals surface area contributed by atoms with Crippen LogP contribution >= 0.6 is 0 Å². The van der Waals surface area contributed by atoms with Gasteiger partial charge < -0.3 is 10.8 Å². The summed E-state index contributed by atoms with van der Waals surface area (Å²) in [4.78, 5) is 0. The molecule has 0 saturated heterocycles. The van der Waals surface area contributed by atoms with E-state index in [4.69, 9.17) is 10.8 Å². The number of aliphatic hydroxyl groups is 1. The molecule has 1 rings (SSSR count). The quantitative estimate of drug-likeness (QED) is 0.654. The van der Waals surface area contributed by atoms with Gasteiger partial charge in [-0.3, -0.25) is 0 Å². The van der Waals surface area contributed by atoms with Crippen LogP contribution in [0.15, 0.2) is 24.3 Å². The summed E-state index contributed by atoms with van der Waals surface area (Å²) in [5.41, 5.74) is 6.34. The van der Waals surface area contributed by atoms with Crippen LogP contribution in [0.1, 0.15) is 5.56 Å². The Hall–Kier alpha value is -1.35. The Morgan fingerprint density at radius 2 is 2.25 bits per heavy atom. The van der Waals surface area contributed by atoms with E-state index in [9.17, 15) is 4.39 Å². The van der Waals surface area contributed by atoms with Gasteiger partial charge in [-0.25, -0.2) is 4.39 Å². The molecular formula is C9H10FNO. The lowest BCUT2D eigenvalue weighted by atomic mass is 10.2. The highest BCUT2D eigenvalue weighted by Crippen LogP contribution is 2.13. The molecule has 1 aromatic carbocycles. The van der Waals surface area contributed by atoms with E-state index in [1.807, 2.05) is 0 Å². The third-order valence-corrected chi connectivity index (χ3v) is 1.42. The van der Waals surface area contributed by atoms with Gasteiger partial charge in [0.2, 0.25) is 0 Å². The second kappa shape index (κ2) is 3.88. The van der Waals surface area contributed by atoms with Gasteiger partial charge in [-0.2, -0.15) is 0 Å². The fourth-order valence-corrected chi connectivity index (χ4v) is 0.870. The standard InChI is InChI=1S/C9H10FNO/c10-9-4-3-8(11)6-7(9)2-1-5-12/h1-4,6,12H,5,11H2. The molecule has 0 saturated carbocycles. The summed E-state index contributed by atoms with van der Waals surface area (Å²) >= 11 is 0. The number of benzene rings is 1. The Morgan fingerprint density at radius 1 is 1.50 bits per heavy atom. The second-order valence-corrected chi connectivity index (χ2v) is 2.37. The van der Waals surface area contributed by atoms with Gasteiger partial charge in [-0.15, -0.1) is 0 Å². The summed E-state index contributed by atoms with van der Waals surface area (Å²) in [5, 5.41) is 8.45. The van der Waals surface area contributed by atoms with Crippen molar-refractivity contribution in [2.45, 2.75) is 0 Å². The van der Waals surface area contributed by atoms with E-state index in [1.165, 1.54) is 30.4 Å². The van der Waals surface area contributed by atoms with Gasteiger partial charge in [0.05, 0.1) is 6.61 Å². The number of nitrogen functional groups attached to an aromatic ring is 1. The molecule has 64 valence electrons. The average molecular weight is 167 g/mol. The van der Waals surface area contributed by atoms with Crippen LogP contribution in [-0.4, -0.2) is 11.7 Å². The first kappa shape index (κ1) is 8.74. The molecule has 3 heteroatoms.